The van der Waals surface area contributed by atoms with Crippen LogP contribution >= 0.6 is 0 Å². The van der Waals surface area contributed by atoms with Crippen LogP contribution in [-0.4, -0.2) is 20.3 Å². The number of unbranched alkanes of at least 4 members (excludes halogenated alkanes) is 2. The van der Waals surface area contributed by atoms with Crippen molar-refractivity contribution in [3.05, 3.63) is 0 Å². The molecule has 0 atom stereocenters. The average molecular weight is 140 g/mol. The molecule has 0 fully saturated rings. The van der Waals surface area contributed by atoms with E-state index in [0.717, 1.165) is 19.4 Å². The molecule has 2 nitrogen and oxygen atoms in total. The lowest BCUT2D eigenvalue weighted by molar-refractivity contribution is 0.690. The SMILES string of the molecule is C#CCCCCNC.C=N. The van der Waals surface area contributed by atoms with Gasteiger partial charge in [-0.1, -0.05) is 0 Å². The highest BCUT2D eigenvalue weighted by Gasteiger charge is 1.80. The maximum absolute atomic E-state index is 5.50. The highest BCUT2D eigenvalue weighted by molar-refractivity contribution is 5.15. The molecular formula is C8H16N2. The molecule has 0 amide bonds. The van der Waals surface area contributed by atoms with Crippen LogP contribution in [0.2, 0.25) is 0 Å². The van der Waals surface area contributed by atoms with Crippen LogP contribution in [0, 0.1) is 17.8 Å². The minimum atomic E-state index is 0.918. The predicted octanol–water partition coefficient (Wildman–Crippen LogP) is 1.28. The van der Waals surface area contributed by atoms with E-state index in [1.807, 2.05) is 7.05 Å². The van der Waals surface area contributed by atoms with Crippen LogP contribution in [0.5, 0.6) is 0 Å². The second-order valence-corrected chi connectivity index (χ2v) is 1.76. The summed E-state index contributed by atoms with van der Waals surface area (Å²) in [4.78, 5) is 0. The quantitative estimate of drug-likeness (QED) is 0.344. The van der Waals surface area contributed by atoms with Crippen LogP contribution in [0.3, 0.4) is 0 Å². The van der Waals surface area contributed by atoms with E-state index in [1.165, 1.54) is 6.42 Å². The van der Waals surface area contributed by atoms with Crippen molar-refractivity contribution < 1.29 is 0 Å². The Hall–Kier alpha value is -0.810. The molecule has 0 aromatic carbocycles. The van der Waals surface area contributed by atoms with Crippen LogP contribution in [0.25, 0.3) is 0 Å². The first-order valence-electron chi connectivity index (χ1n) is 3.35. The van der Waals surface area contributed by atoms with Gasteiger partial charge in [0, 0.05) is 6.42 Å². The maximum atomic E-state index is 5.50. The summed E-state index contributed by atoms with van der Waals surface area (Å²) >= 11 is 0. The minimum Gasteiger partial charge on any atom is -0.320 e. The number of rotatable bonds is 4. The third-order valence-corrected chi connectivity index (χ3v) is 0.998. The molecule has 0 aromatic rings. The largest absolute Gasteiger partial charge is 0.320 e. The van der Waals surface area contributed by atoms with Crippen molar-refractivity contribution >= 4 is 6.72 Å². The molecular weight excluding hydrogens is 124 g/mol. The highest BCUT2D eigenvalue weighted by atomic mass is 14.8. The van der Waals surface area contributed by atoms with Crippen molar-refractivity contribution in [1.82, 2.24) is 5.32 Å². The Morgan fingerprint density at radius 2 is 2.10 bits per heavy atom. The van der Waals surface area contributed by atoms with Crippen LogP contribution < -0.4 is 5.32 Å². The Labute approximate surface area is 63.5 Å². The summed E-state index contributed by atoms with van der Waals surface area (Å²) in [5, 5.41) is 8.56. The summed E-state index contributed by atoms with van der Waals surface area (Å²) in [6.45, 7) is 3.58. The fourth-order valence-corrected chi connectivity index (χ4v) is 0.529. The summed E-state index contributed by atoms with van der Waals surface area (Å²) in [5.74, 6) is 2.60. The molecule has 0 saturated heterocycles. The van der Waals surface area contributed by atoms with Crippen molar-refractivity contribution in [2.45, 2.75) is 19.3 Å². The number of nitrogens with one attached hydrogen (secondary N) is 2. The van der Waals surface area contributed by atoms with E-state index < -0.39 is 0 Å². The van der Waals surface area contributed by atoms with Gasteiger partial charge in [0.15, 0.2) is 0 Å². The first kappa shape index (κ1) is 11.9. The zero-order valence-corrected chi connectivity index (χ0v) is 6.61. The van der Waals surface area contributed by atoms with Crippen molar-refractivity contribution in [3.63, 3.8) is 0 Å². The van der Waals surface area contributed by atoms with E-state index in [2.05, 4.69) is 18.0 Å². The van der Waals surface area contributed by atoms with Gasteiger partial charge in [0.25, 0.3) is 0 Å². The van der Waals surface area contributed by atoms with E-state index in [-0.39, 0.29) is 0 Å². The molecule has 0 rings (SSSR count). The first-order chi connectivity index (χ1) is 4.91. The normalized spacial score (nSPS) is 7.20. The molecule has 10 heavy (non-hydrogen) atoms. The summed E-state index contributed by atoms with van der Waals surface area (Å²) in [7, 11) is 1.95. The summed E-state index contributed by atoms with van der Waals surface area (Å²) < 4.78 is 0. The fraction of sp³-hybridized carbons (Fsp3) is 0.625. The molecule has 2 heteroatoms. The Morgan fingerprint density at radius 1 is 1.50 bits per heavy atom. The molecule has 0 aliphatic carbocycles. The number of terminal acetylenes is 1. The van der Waals surface area contributed by atoms with Gasteiger partial charge in [-0.05, 0) is 33.2 Å². The molecule has 0 spiro atoms. The second-order valence-electron chi connectivity index (χ2n) is 1.76. The van der Waals surface area contributed by atoms with Crippen LogP contribution in [0.4, 0.5) is 0 Å². The van der Waals surface area contributed by atoms with Gasteiger partial charge in [-0.2, -0.15) is 0 Å². The molecule has 0 bridgehead atoms. The Kier molecular flexibility index (Phi) is 18.7. The van der Waals surface area contributed by atoms with E-state index in [0.29, 0.717) is 0 Å². The molecule has 0 aliphatic rings. The van der Waals surface area contributed by atoms with Crippen molar-refractivity contribution in [3.8, 4) is 12.3 Å². The van der Waals surface area contributed by atoms with Crippen LogP contribution in [0.15, 0.2) is 0 Å². The lowest BCUT2D eigenvalue weighted by Gasteiger charge is -1.93. The van der Waals surface area contributed by atoms with Crippen LogP contribution in [0.1, 0.15) is 19.3 Å². The highest BCUT2D eigenvalue weighted by Crippen LogP contribution is 1.89. The Balaban J connectivity index is 0. The lowest BCUT2D eigenvalue weighted by atomic mass is 10.2. The van der Waals surface area contributed by atoms with E-state index in [9.17, 15) is 0 Å². The molecule has 0 saturated carbocycles. The third kappa shape index (κ3) is 15.7. The summed E-state index contributed by atoms with van der Waals surface area (Å²) in [6, 6.07) is 0. The molecule has 0 heterocycles. The van der Waals surface area contributed by atoms with Crippen LogP contribution in [-0.2, 0) is 0 Å². The molecule has 0 unspecified atom stereocenters. The lowest BCUT2D eigenvalue weighted by Crippen LogP contribution is -2.06. The van der Waals surface area contributed by atoms with Crippen molar-refractivity contribution in [2.75, 3.05) is 13.6 Å². The Morgan fingerprint density at radius 3 is 2.50 bits per heavy atom. The number of hydrogen-bond acceptors (Lipinski definition) is 2. The fourth-order valence-electron chi connectivity index (χ4n) is 0.529. The van der Waals surface area contributed by atoms with Gasteiger partial charge in [0.2, 0.25) is 0 Å². The van der Waals surface area contributed by atoms with Gasteiger partial charge in [0.05, 0.1) is 0 Å². The second kappa shape index (κ2) is 15.7. The van der Waals surface area contributed by atoms with Gasteiger partial charge < -0.3 is 10.7 Å². The molecule has 0 aliphatic heterocycles. The molecule has 0 aromatic heterocycles. The van der Waals surface area contributed by atoms with Gasteiger partial charge in [-0.3, -0.25) is 0 Å². The van der Waals surface area contributed by atoms with E-state index in [1.54, 1.807) is 0 Å². The first-order valence-corrected chi connectivity index (χ1v) is 3.35. The average Bonchev–Trinajstić information content (AvgIpc) is 2.02. The summed E-state index contributed by atoms with van der Waals surface area (Å²) in [5.41, 5.74) is 0. The topological polar surface area (TPSA) is 35.9 Å². The third-order valence-electron chi connectivity index (χ3n) is 0.998. The van der Waals surface area contributed by atoms with E-state index >= 15 is 0 Å². The van der Waals surface area contributed by atoms with Gasteiger partial charge in [-0.15, -0.1) is 12.3 Å². The van der Waals surface area contributed by atoms with Gasteiger partial charge >= 0.3 is 0 Å². The smallest absolute Gasteiger partial charge is 0.00865 e. The zero-order chi connectivity index (χ0) is 8.24. The molecule has 58 valence electrons. The minimum absolute atomic E-state index is 0.918. The maximum Gasteiger partial charge on any atom is 0.00865 e. The van der Waals surface area contributed by atoms with Crippen molar-refractivity contribution in [1.29, 1.82) is 5.41 Å². The molecule has 0 radical (unpaired) electrons. The number of hydrogen-bond donors (Lipinski definition) is 2. The standard InChI is InChI=1S/C7H13N.CH3N/c1-3-4-5-6-7-8-2;1-2/h1,8H,4-7H2,2H3;2H,1H2. The van der Waals surface area contributed by atoms with Crippen molar-refractivity contribution in [2.24, 2.45) is 0 Å². The zero-order valence-electron chi connectivity index (χ0n) is 6.61. The van der Waals surface area contributed by atoms with Gasteiger partial charge in [-0.25, -0.2) is 0 Å². The molecule has 2 N–H and O–H groups in total. The predicted molar refractivity (Wildman–Crippen MR) is 46.5 cm³/mol. The van der Waals surface area contributed by atoms with Gasteiger partial charge in [0.1, 0.15) is 0 Å². The summed E-state index contributed by atoms with van der Waals surface area (Å²) in [6.07, 6.45) is 8.30. The Bertz CT molecular complexity index is 83.7. The monoisotopic (exact) mass is 140 g/mol. The van der Waals surface area contributed by atoms with E-state index in [4.69, 9.17) is 11.8 Å².